The van der Waals surface area contributed by atoms with E-state index in [4.69, 9.17) is 0 Å². The quantitative estimate of drug-likeness (QED) is 0.589. The van der Waals surface area contributed by atoms with Gasteiger partial charge in [-0.1, -0.05) is 13.8 Å². The van der Waals surface area contributed by atoms with Crippen LogP contribution in [-0.4, -0.2) is 93.2 Å². The topological polar surface area (TPSA) is 103 Å². The zero-order valence-electron chi connectivity index (χ0n) is 19.2. The van der Waals surface area contributed by atoms with Crippen LogP contribution in [0.2, 0.25) is 0 Å². The average Bonchev–Trinajstić information content (AvgIpc) is 2.71. The van der Waals surface area contributed by atoms with Gasteiger partial charge in [-0.3, -0.25) is 14.6 Å². The number of nitrogens with zero attached hydrogens (tertiary/aromatic N) is 4. The molecular formula is C21H35N5O4S. The van der Waals surface area contributed by atoms with E-state index in [9.17, 15) is 18.0 Å². The molecule has 0 unspecified atom stereocenters. The first-order chi connectivity index (χ1) is 14.4. The Labute approximate surface area is 185 Å². The number of carbonyl (C=O) groups excluding carboxylic acids is 2. The molecule has 1 aromatic rings. The fourth-order valence-corrected chi connectivity index (χ4v) is 4.91. The van der Waals surface area contributed by atoms with Gasteiger partial charge in [-0.15, -0.1) is 0 Å². The highest BCUT2D eigenvalue weighted by Gasteiger charge is 2.31. The highest BCUT2D eigenvalue weighted by Crippen LogP contribution is 2.20. The van der Waals surface area contributed by atoms with Crippen molar-refractivity contribution in [3.8, 4) is 0 Å². The van der Waals surface area contributed by atoms with Gasteiger partial charge in [0.2, 0.25) is 21.8 Å². The summed E-state index contributed by atoms with van der Waals surface area (Å²) in [5.41, 5.74) is -0.0276. The number of nitrogens with one attached hydrogen (secondary N) is 1. The first-order valence-electron chi connectivity index (χ1n) is 10.5. The molecule has 1 fully saturated rings. The van der Waals surface area contributed by atoms with Crippen molar-refractivity contribution in [1.29, 1.82) is 0 Å². The standard InChI is InChI=1S/C21H35N5O4S/c1-21(2,16-24(3)4)15-23-20(28)17-8-11-26(12-9-17)19(27)14-25(5)31(29,30)18-7-6-10-22-13-18/h6-7,10,13,17H,8-9,11-12,14-16H2,1-5H3,(H,23,28). The number of likely N-dealkylation sites (tertiary alicyclic amines) is 1. The first kappa shape index (κ1) is 25.2. The second-order valence-electron chi connectivity index (χ2n) is 9.22. The van der Waals surface area contributed by atoms with Gasteiger partial charge in [-0.25, -0.2) is 8.42 Å². The largest absolute Gasteiger partial charge is 0.355 e. The number of likely N-dealkylation sites (N-methyl/N-ethyl adjacent to an activating group) is 1. The lowest BCUT2D eigenvalue weighted by atomic mass is 9.91. The van der Waals surface area contributed by atoms with Gasteiger partial charge >= 0.3 is 0 Å². The van der Waals surface area contributed by atoms with E-state index in [0.717, 1.165) is 10.8 Å². The predicted octanol–water partition coefficient (Wildman–Crippen LogP) is 0.645. The molecule has 0 aromatic carbocycles. The first-order valence-corrected chi connectivity index (χ1v) is 11.9. The summed E-state index contributed by atoms with van der Waals surface area (Å²) in [5, 5.41) is 3.05. The van der Waals surface area contributed by atoms with Crippen LogP contribution < -0.4 is 5.32 Å². The molecule has 9 nitrogen and oxygen atoms in total. The number of hydrogen-bond acceptors (Lipinski definition) is 6. The Kier molecular flexibility index (Phi) is 8.56. The molecule has 2 rings (SSSR count). The second-order valence-corrected chi connectivity index (χ2v) is 11.3. The van der Waals surface area contributed by atoms with Gasteiger partial charge in [0.1, 0.15) is 4.90 Å². The van der Waals surface area contributed by atoms with Gasteiger partial charge in [0, 0.05) is 51.5 Å². The maximum absolute atomic E-state index is 12.6. The molecule has 31 heavy (non-hydrogen) atoms. The van der Waals surface area contributed by atoms with E-state index in [1.807, 2.05) is 14.1 Å². The fraction of sp³-hybridized carbons (Fsp3) is 0.667. The third-order valence-corrected chi connectivity index (χ3v) is 7.19. The molecule has 10 heteroatoms. The average molecular weight is 454 g/mol. The number of sulfonamides is 1. The Morgan fingerprint density at radius 1 is 1.23 bits per heavy atom. The van der Waals surface area contributed by atoms with Crippen LogP contribution in [0.5, 0.6) is 0 Å². The van der Waals surface area contributed by atoms with E-state index >= 15 is 0 Å². The van der Waals surface area contributed by atoms with E-state index in [-0.39, 0.29) is 34.6 Å². The minimum Gasteiger partial charge on any atom is -0.355 e. The summed E-state index contributed by atoms with van der Waals surface area (Å²) in [6, 6.07) is 2.99. The maximum atomic E-state index is 12.6. The van der Waals surface area contributed by atoms with E-state index in [0.29, 0.717) is 32.5 Å². The minimum absolute atomic E-state index is 0.0233. The Balaban J connectivity index is 1.82. The van der Waals surface area contributed by atoms with Gasteiger partial charge in [0.25, 0.3) is 0 Å². The van der Waals surface area contributed by atoms with Crippen molar-refractivity contribution in [3.05, 3.63) is 24.5 Å². The van der Waals surface area contributed by atoms with Gasteiger partial charge in [-0.05, 0) is 44.5 Å². The van der Waals surface area contributed by atoms with Crippen molar-refractivity contribution in [2.24, 2.45) is 11.3 Å². The number of piperidine rings is 1. The Morgan fingerprint density at radius 3 is 2.42 bits per heavy atom. The lowest BCUT2D eigenvalue weighted by molar-refractivity contribution is -0.135. The molecule has 0 spiro atoms. The normalized spacial score (nSPS) is 16.0. The molecule has 2 heterocycles. The van der Waals surface area contributed by atoms with Crippen LogP contribution >= 0.6 is 0 Å². The van der Waals surface area contributed by atoms with Crippen molar-refractivity contribution in [2.75, 3.05) is 53.9 Å². The predicted molar refractivity (Wildman–Crippen MR) is 119 cm³/mol. The third kappa shape index (κ3) is 7.26. The number of hydrogen-bond donors (Lipinski definition) is 1. The van der Waals surface area contributed by atoms with Crippen molar-refractivity contribution >= 4 is 21.8 Å². The fourth-order valence-electron chi connectivity index (χ4n) is 3.83. The Hall–Kier alpha value is -2.04. The van der Waals surface area contributed by atoms with Crippen LogP contribution in [-0.2, 0) is 19.6 Å². The van der Waals surface area contributed by atoms with E-state index in [2.05, 4.69) is 29.0 Å². The lowest BCUT2D eigenvalue weighted by Crippen LogP contribution is -2.48. The highest BCUT2D eigenvalue weighted by molar-refractivity contribution is 7.89. The van der Waals surface area contributed by atoms with Crippen LogP contribution in [0.4, 0.5) is 0 Å². The summed E-state index contributed by atoms with van der Waals surface area (Å²) in [5.74, 6) is -0.368. The number of rotatable bonds is 9. The number of amides is 2. The summed E-state index contributed by atoms with van der Waals surface area (Å²) >= 11 is 0. The molecule has 1 saturated heterocycles. The smallest absolute Gasteiger partial charge is 0.244 e. The number of pyridine rings is 1. The van der Waals surface area contributed by atoms with Gasteiger partial charge in [-0.2, -0.15) is 4.31 Å². The summed E-state index contributed by atoms with van der Waals surface area (Å²) < 4.78 is 26.2. The molecule has 0 saturated carbocycles. The van der Waals surface area contributed by atoms with E-state index < -0.39 is 10.0 Å². The molecule has 0 aliphatic carbocycles. The minimum atomic E-state index is -3.77. The zero-order chi connectivity index (χ0) is 23.2. The molecule has 0 radical (unpaired) electrons. The Bertz CT molecular complexity index is 850. The van der Waals surface area contributed by atoms with E-state index in [1.54, 1.807) is 11.0 Å². The molecule has 1 N–H and O–H groups in total. The third-order valence-electron chi connectivity index (χ3n) is 5.40. The Morgan fingerprint density at radius 2 is 1.87 bits per heavy atom. The lowest BCUT2D eigenvalue weighted by Gasteiger charge is -2.33. The van der Waals surface area contributed by atoms with Crippen molar-refractivity contribution < 1.29 is 18.0 Å². The van der Waals surface area contributed by atoms with Crippen LogP contribution in [0.25, 0.3) is 0 Å². The molecule has 1 aliphatic heterocycles. The summed E-state index contributed by atoms with van der Waals surface area (Å²) in [4.78, 5) is 32.8. The molecule has 1 aromatic heterocycles. The molecule has 1 aliphatic rings. The van der Waals surface area contributed by atoms with Crippen LogP contribution in [0, 0.1) is 11.3 Å². The second kappa shape index (κ2) is 10.5. The molecular weight excluding hydrogens is 418 g/mol. The van der Waals surface area contributed by atoms with Crippen molar-refractivity contribution in [3.63, 3.8) is 0 Å². The van der Waals surface area contributed by atoms with Crippen molar-refractivity contribution in [1.82, 2.24) is 24.4 Å². The van der Waals surface area contributed by atoms with Crippen molar-refractivity contribution in [2.45, 2.75) is 31.6 Å². The van der Waals surface area contributed by atoms with Crippen LogP contribution in [0.15, 0.2) is 29.4 Å². The summed E-state index contributed by atoms with van der Waals surface area (Å²) in [6.07, 6.45) is 3.91. The van der Waals surface area contributed by atoms with Crippen LogP contribution in [0.1, 0.15) is 26.7 Å². The monoisotopic (exact) mass is 453 g/mol. The SMILES string of the molecule is CN(C)CC(C)(C)CNC(=O)C1CCN(C(=O)CN(C)S(=O)(=O)c2cccnc2)CC1. The van der Waals surface area contributed by atoms with Gasteiger partial charge in [0.15, 0.2) is 0 Å². The van der Waals surface area contributed by atoms with Gasteiger partial charge < -0.3 is 15.1 Å². The number of carbonyl (C=O) groups is 2. The summed E-state index contributed by atoms with van der Waals surface area (Å²) in [6.45, 7) is 6.34. The zero-order valence-corrected chi connectivity index (χ0v) is 20.0. The highest BCUT2D eigenvalue weighted by atomic mass is 32.2. The molecule has 2 amide bonds. The maximum Gasteiger partial charge on any atom is 0.244 e. The van der Waals surface area contributed by atoms with Crippen LogP contribution in [0.3, 0.4) is 0 Å². The summed E-state index contributed by atoms with van der Waals surface area (Å²) in [7, 11) is 1.63. The molecule has 0 bridgehead atoms. The number of aromatic nitrogens is 1. The molecule has 174 valence electrons. The molecule has 0 atom stereocenters. The van der Waals surface area contributed by atoms with E-state index in [1.165, 1.54) is 25.5 Å². The van der Waals surface area contributed by atoms with Gasteiger partial charge in [0.05, 0.1) is 6.54 Å².